The minimum atomic E-state index is -0.352. The lowest BCUT2D eigenvalue weighted by Crippen LogP contribution is -2.12. The van der Waals surface area contributed by atoms with Crippen LogP contribution in [-0.4, -0.2) is 16.1 Å². The van der Waals surface area contributed by atoms with Gasteiger partial charge in [0.15, 0.2) is 0 Å². The minimum Gasteiger partial charge on any atom is -0.407 e. The van der Waals surface area contributed by atoms with Crippen molar-refractivity contribution >= 4 is 27.9 Å². The van der Waals surface area contributed by atoms with Gasteiger partial charge in [-0.1, -0.05) is 29.4 Å². The Kier molecular flexibility index (Phi) is 4.47. The van der Waals surface area contributed by atoms with Crippen molar-refractivity contribution in [2.75, 3.05) is 5.32 Å². The van der Waals surface area contributed by atoms with Crippen LogP contribution >= 0.6 is 15.9 Å². The molecule has 0 aliphatic rings. The van der Waals surface area contributed by atoms with Gasteiger partial charge in [0.05, 0.1) is 12.0 Å². The average molecular weight is 376 g/mol. The number of hydrogen-bond donors (Lipinski definition) is 1. The molecule has 116 valence electrons. The molecular formula is C16H11BrFN3O2. The van der Waals surface area contributed by atoms with Crippen molar-refractivity contribution in [1.29, 1.82) is 0 Å². The molecule has 3 rings (SSSR count). The lowest BCUT2D eigenvalue weighted by molar-refractivity contribution is 0.102. The van der Waals surface area contributed by atoms with E-state index < -0.39 is 0 Å². The molecule has 0 saturated carbocycles. The summed E-state index contributed by atoms with van der Waals surface area (Å²) in [5.41, 5.74) is 1.30. The number of amides is 1. The first kappa shape index (κ1) is 15.4. The van der Waals surface area contributed by atoms with Crippen molar-refractivity contribution in [2.45, 2.75) is 6.42 Å². The van der Waals surface area contributed by atoms with E-state index in [1.165, 1.54) is 12.1 Å². The number of halogens is 2. The molecule has 1 heterocycles. The van der Waals surface area contributed by atoms with Gasteiger partial charge in [0.2, 0.25) is 5.89 Å². The first-order chi connectivity index (χ1) is 11.1. The molecule has 0 radical (unpaired) electrons. The van der Waals surface area contributed by atoms with E-state index in [-0.39, 0.29) is 17.7 Å². The lowest BCUT2D eigenvalue weighted by atomic mass is 10.1. The Morgan fingerprint density at radius 3 is 2.61 bits per heavy atom. The predicted octanol–water partition coefficient (Wildman–Crippen LogP) is 3.81. The number of rotatable bonds is 4. The van der Waals surface area contributed by atoms with Crippen LogP contribution < -0.4 is 5.32 Å². The molecule has 7 heteroatoms. The van der Waals surface area contributed by atoms with Gasteiger partial charge in [0, 0.05) is 4.47 Å². The predicted molar refractivity (Wildman–Crippen MR) is 85.6 cm³/mol. The van der Waals surface area contributed by atoms with Crippen molar-refractivity contribution in [3.63, 3.8) is 0 Å². The van der Waals surface area contributed by atoms with Crippen LogP contribution in [0.2, 0.25) is 0 Å². The minimum absolute atomic E-state index is 0.0165. The van der Waals surface area contributed by atoms with Gasteiger partial charge >= 0.3 is 6.01 Å². The molecule has 5 nitrogen and oxygen atoms in total. The second-order valence-electron chi connectivity index (χ2n) is 4.74. The summed E-state index contributed by atoms with van der Waals surface area (Å²) in [7, 11) is 0. The third-order valence-electron chi connectivity index (χ3n) is 3.07. The number of nitrogens with one attached hydrogen (secondary N) is 1. The standard InChI is InChI=1S/C16H11BrFN3O2/c17-13-4-2-1-3-12(13)15(22)19-16-21-20-14(23-16)9-10-5-7-11(18)8-6-10/h1-8H,9H2,(H,19,21,22). The zero-order valence-corrected chi connectivity index (χ0v) is 13.4. The molecule has 23 heavy (non-hydrogen) atoms. The third kappa shape index (κ3) is 3.81. The fourth-order valence-electron chi connectivity index (χ4n) is 1.96. The van der Waals surface area contributed by atoms with Crippen LogP contribution in [0.25, 0.3) is 0 Å². The van der Waals surface area contributed by atoms with Gasteiger partial charge in [-0.2, -0.15) is 0 Å². The summed E-state index contributed by atoms with van der Waals surface area (Å²) in [6.07, 6.45) is 0.359. The first-order valence-corrected chi connectivity index (χ1v) is 7.54. The first-order valence-electron chi connectivity index (χ1n) is 6.74. The summed E-state index contributed by atoms with van der Waals surface area (Å²) in [5.74, 6) is -0.325. The molecular weight excluding hydrogens is 365 g/mol. The number of carbonyl (C=O) groups is 1. The van der Waals surface area contributed by atoms with E-state index in [4.69, 9.17) is 4.42 Å². The molecule has 1 amide bonds. The smallest absolute Gasteiger partial charge is 0.322 e. The van der Waals surface area contributed by atoms with Gasteiger partial charge in [-0.15, -0.1) is 5.10 Å². The topological polar surface area (TPSA) is 68.0 Å². The van der Waals surface area contributed by atoms with E-state index in [1.807, 2.05) is 6.07 Å². The third-order valence-corrected chi connectivity index (χ3v) is 3.77. The number of benzene rings is 2. The highest BCUT2D eigenvalue weighted by Crippen LogP contribution is 2.18. The van der Waals surface area contributed by atoms with Crippen LogP contribution in [0.15, 0.2) is 57.4 Å². The van der Waals surface area contributed by atoms with Crippen molar-refractivity contribution in [3.8, 4) is 0 Å². The second kappa shape index (κ2) is 6.70. The highest BCUT2D eigenvalue weighted by Gasteiger charge is 2.14. The number of nitrogens with zero attached hydrogens (tertiary/aromatic N) is 2. The zero-order valence-electron chi connectivity index (χ0n) is 11.8. The number of aromatic nitrogens is 2. The van der Waals surface area contributed by atoms with Gasteiger partial charge in [-0.3, -0.25) is 10.1 Å². The normalized spacial score (nSPS) is 10.5. The Labute approximate surface area is 139 Å². The summed E-state index contributed by atoms with van der Waals surface area (Å²) in [6, 6.07) is 13.0. The fraction of sp³-hybridized carbons (Fsp3) is 0.0625. The maximum atomic E-state index is 12.9. The van der Waals surface area contributed by atoms with Crippen LogP contribution in [0.4, 0.5) is 10.4 Å². The largest absolute Gasteiger partial charge is 0.407 e. The number of carbonyl (C=O) groups excluding carboxylic acids is 1. The van der Waals surface area contributed by atoms with E-state index in [0.717, 1.165) is 5.56 Å². The van der Waals surface area contributed by atoms with Crippen LogP contribution in [0.5, 0.6) is 0 Å². The SMILES string of the molecule is O=C(Nc1nnc(Cc2ccc(F)cc2)o1)c1ccccc1Br. The van der Waals surface area contributed by atoms with E-state index in [2.05, 4.69) is 31.4 Å². The van der Waals surface area contributed by atoms with E-state index in [1.54, 1.807) is 30.3 Å². The van der Waals surface area contributed by atoms with Gasteiger partial charge in [0.1, 0.15) is 5.82 Å². The highest BCUT2D eigenvalue weighted by atomic mass is 79.9. The molecule has 0 saturated heterocycles. The van der Waals surface area contributed by atoms with Crippen molar-refractivity contribution in [2.24, 2.45) is 0 Å². The maximum absolute atomic E-state index is 12.9. The van der Waals surface area contributed by atoms with Crippen LogP contribution in [-0.2, 0) is 6.42 Å². The average Bonchev–Trinajstić information content (AvgIpc) is 2.97. The lowest BCUT2D eigenvalue weighted by Gasteiger charge is -2.02. The maximum Gasteiger partial charge on any atom is 0.322 e. The molecule has 0 bridgehead atoms. The molecule has 1 aromatic heterocycles. The Balaban J connectivity index is 1.69. The Hall–Kier alpha value is -2.54. The van der Waals surface area contributed by atoms with Gasteiger partial charge in [-0.25, -0.2) is 4.39 Å². The summed E-state index contributed by atoms with van der Waals surface area (Å²) in [6.45, 7) is 0. The summed E-state index contributed by atoms with van der Waals surface area (Å²) < 4.78 is 18.9. The van der Waals surface area contributed by atoms with Crippen LogP contribution in [0.3, 0.4) is 0 Å². The monoisotopic (exact) mass is 375 g/mol. The molecule has 0 aliphatic heterocycles. The summed E-state index contributed by atoms with van der Waals surface area (Å²) in [4.78, 5) is 12.1. The summed E-state index contributed by atoms with van der Waals surface area (Å²) >= 11 is 3.31. The number of anilines is 1. The van der Waals surface area contributed by atoms with Crippen molar-refractivity contribution < 1.29 is 13.6 Å². The molecule has 0 spiro atoms. The van der Waals surface area contributed by atoms with E-state index >= 15 is 0 Å². The molecule has 0 aliphatic carbocycles. The van der Waals surface area contributed by atoms with Crippen LogP contribution in [0, 0.1) is 5.82 Å². The summed E-state index contributed by atoms with van der Waals surface area (Å²) in [5, 5.41) is 10.2. The molecule has 3 aromatic rings. The van der Waals surface area contributed by atoms with Gasteiger partial charge in [-0.05, 0) is 45.8 Å². The van der Waals surface area contributed by atoms with E-state index in [0.29, 0.717) is 22.3 Å². The molecule has 1 N–H and O–H groups in total. The van der Waals surface area contributed by atoms with Gasteiger partial charge < -0.3 is 4.42 Å². The zero-order chi connectivity index (χ0) is 16.2. The Morgan fingerprint density at radius 2 is 1.87 bits per heavy atom. The fourth-order valence-corrected chi connectivity index (χ4v) is 2.43. The molecule has 0 atom stereocenters. The second-order valence-corrected chi connectivity index (χ2v) is 5.59. The van der Waals surface area contributed by atoms with Crippen molar-refractivity contribution in [3.05, 3.63) is 75.8 Å². The highest BCUT2D eigenvalue weighted by molar-refractivity contribution is 9.10. The molecule has 0 fully saturated rings. The number of hydrogen-bond acceptors (Lipinski definition) is 4. The Bertz CT molecular complexity index is 833. The van der Waals surface area contributed by atoms with Gasteiger partial charge in [0.25, 0.3) is 5.91 Å². The molecule has 0 unspecified atom stereocenters. The van der Waals surface area contributed by atoms with E-state index in [9.17, 15) is 9.18 Å². The van der Waals surface area contributed by atoms with Crippen LogP contribution in [0.1, 0.15) is 21.8 Å². The molecule has 2 aromatic carbocycles. The Morgan fingerprint density at radius 1 is 1.13 bits per heavy atom. The van der Waals surface area contributed by atoms with Crippen molar-refractivity contribution in [1.82, 2.24) is 10.2 Å². The quantitative estimate of drug-likeness (QED) is 0.752.